The number of halogens is 4. The van der Waals surface area contributed by atoms with Crippen LogP contribution >= 0.6 is 0 Å². The van der Waals surface area contributed by atoms with E-state index in [4.69, 9.17) is 5.73 Å². The topological polar surface area (TPSA) is 29.3 Å². The highest BCUT2D eigenvalue weighted by Gasteiger charge is 2.37. The van der Waals surface area contributed by atoms with E-state index in [2.05, 4.69) is 0 Å². The van der Waals surface area contributed by atoms with Crippen molar-refractivity contribution in [3.63, 3.8) is 0 Å². The first-order chi connectivity index (χ1) is 9.84. The zero-order valence-electron chi connectivity index (χ0n) is 12.0. The predicted molar refractivity (Wildman–Crippen MR) is 73.2 cm³/mol. The van der Waals surface area contributed by atoms with Crippen molar-refractivity contribution in [1.29, 1.82) is 0 Å². The van der Waals surface area contributed by atoms with Gasteiger partial charge in [-0.25, -0.2) is 4.39 Å². The molecule has 0 heterocycles. The molecule has 0 aliphatic heterocycles. The molecule has 0 bridgehead atoms. The number of hydrogen-bond acceptors (Lipinski definition) is 2. The summed E-state index contributed by atoms with van der Waals surface area (Å²) in [7, 11) is 1.80. The standard InChI is InChI=1S/C15H20F4N2/c1-21(11-4-2-3-5-11)14(9-20)12-7-6-10(16)8-13(12)15(17,18)19/h6-8,11,14H,2-5,9,20H2,1H3. The molecule has 0 aromatic heterocycles. The fraction of sp³-hybridized carbons (Fsp3) is 0.600. The van der Waals surface area contributed by atoms with Gasteiger partial charge in [0.15, 0.2) is 0 Å². The molecule has 2 nitrogen and oxygen atoms in total. The van der Waals surface area contributed by atoms with E-state index in [1.807, 2.05) is 4.90 Å². The van der Waals surface area contributed by atoms with E-state index in [1.54, 1.807) is 7.05 Å². The maximum atomic E-state index is 13.2. The van der Waals surface area contributed by atoms with Crippen LogP contribution in [-0.2, 0) is 6.18 Å². The van der Waals surface area contributed by atoms with Crippen LogP contribution < -0.4 is 5.73 Å². The van der Waals surface area contributed by atoms with Gasteiger partial charge in [-0.15, -0.1) is 0 Å². The van der Waals surface area contributed by atoms with Gasteiger partial charge < -0.3 is 5.73 Å². The highest BCUT2D eigenvalue weighted by Crippen LogP contribution is 2.38. The molecule has 0 saturated heterocycles. The minimum atomic E-state index is -4.58. The van der Waals surface area contributed by atoms with Crippen LogP contribution in [0.2, 0.25) is 0 Å². The summed E-state index contributed by atoms with van der Waals surface area (Å²) < 4.78 is 52.6. The molecule has 1 aliphatic carbocycles. The Hall–Kier alpha value is -1.14. The molecule has 1 saturated carbocycles. The summed E-state index contributed by atoms with van der Waals surface area (Å²) in [5, 5.41) is 0. The van der Waals surface area contributed by atoms with Crippen molar-refractivity contribution in [1.82, 2.24) is 4.90 Å². The molecule has 21 heavy (non-hydrogen) atoms. The SMILES string of the molecule is CN(C1CCCC1)C(CN)c1ccc(F)cc1C(F)(F)F. The van der Waals surface area contributed by atoms with Gasteiger partial charge in [0.25, 0.3) is 0 Å². The van der Waals surface area contributed by atoms with Gasteiger partial charge in [-0.05, 0) is 37.6 Å². The third-order valence-electron chi connectivity index (χ3n) is 4.30. The van der Waals surface area contributed by atoms with E-state index in [1.165, 1.54) is 6.07 Å². The van der Waals surface area contributed by atoms with Gasteiger partial charge in [-0.2, -0.15) is 13.2 Å². The maximum Gasteiger partial charge on any atom is 0.416 e. The molecule has 0 radical (unpaired) electrons. The molecule has 1 fully saturated rings. The minimum absolute atomic E-state index is 0.0563. The van der Waals surface area contributed by atoms with E-state index in [-0.39, 0.29) is 18.2 Å². The first-order valence-electron chi connectivity index (χ1n) is 7.13. The zero-order valence-corrected chi connectivity index (χ0v) is 12.0. The molecular weight excluding hydrogens is 284 g/mol. The smallest absolute Gasteiger partial charge is 0.329 e. The number of hydrogen-bond donors (Lipinski definition) is 1. The van der Waals surface area contributed by atoms with Gasteiger partial charge in [0.2, 0.25) is 0 Å². The van der Waals surface area contributed by atoms with Gasteiger partial charge in [-0.1, -0.05) is 18.9 Å². The third kappa shape index (κ3) is 3.55. The second-order valence-electron chi connectivity index (χ2n) is 5.58. The average molecular weight is 304 g/mol. The second kappa shape index (κ2) is 6.32. The Morgan fingerprint density at radius 3 is 2.43 bits per heavy atom. The van der Waals surface area contributed by atoms with E-state index >= 15 is 0 Å². The lowest BCUT2D eigenvalue weighted by atomic mass is 9.97. The lowest BCUT2D eigenvalue weighted by molar-refractivity contribution is -0.139. The van der Waals surface area contributed by atoms with E-state index < -0.39 is 23.6 Å². The Morgan fingerprint density at radius 1 is 1.29 bits per heavy atom. The zero-order chi connectivity index (χ0) is 15.6. The van der Waals surface area contributed by atoms with E-state index in [9.17, 15) is 17.6 Å². The summed E-state index contributed by atoms with van der Waals surface area (Å²) >= 11 is 0. The van der Waals surface area contributed by atoms with Crippen molar-refractivity contribution < 1.29 is 17.6 Å². The van der Waals surface area contributed by atoms with Crippen LogP contribution in [0.3, 0.4) is 0 Å². The number of rotatable bonds is 4. The first-order valence-corrected chi connectivity index (χ1v) is 7.13. The van der Waals surface area contributed by atoms with Crippen LogP contribution in [0.5, 0.6) is 0 Å². The molecule has 0 amide bonds. The van der Waals surface area contributed by atoms with Gasteiger partial charge >= 0.3 is 6.18 Å². The van der Waals surface area contributed by atoms with Crippen LogP contribution in [0.25, 0.3) is 0 Å². The van der Waals surface area contributed by atoms with Gasteiger partial charge in [0, 0.05) is 18.6 Å². The monoisotopic (exact) mass is 304 g/mol. The summed E-state index contributed by atoms with van der Waals surface area (Å²) in [6.45, 7) is 0.0711. The Morgan fingerprint density at radius 2 is 1.90 bits per heavy atom. The van der Waals surface area contributed by atoms with Crippen molar-refractivity contribution >= 4 is 0 Å². The number of likely N-dealkylation sites (N-methyl/N-ethyl adjacent to an activating group) is 1. The van der Waals surface area contributed by atoms with Gasteiger partial charge in [-0.3, -0.25) is 4.90 Å². The van der Waals surface area contributed by atoms with Crippen molar-refractivity contribution in [2.75, 3.05) is 13.6 Å². The van der Waals surface area contributed by atoms with Crippen LogP contribution in [0.1, 0.15) is 42.9 Å². The molecule has 118 valence electrons. The molecule has 1 unspecified atom stereocenters. The van der Waals surface area contributed by atoms with Gasteiger partial charge in [0.05, 0.1) is 5.56 Å². The Bertz CT molecular complexity index is 481. The molecule has 1 aromatic rings. The Labute approximate surface area is 121 Å². The Balaban J connectivity index is 2.37. The highest BCUT2D eigenvalue weighted by atomic mass is 19.4. The first kappa shape index (κ1) is 16.2. The fourth-order valence-electron chi connectivity index (χ4n) is 3.14. The molecule has 1 aliphatic rings. The lowest BCUT2D eigenvalue weighted by Gasteiger charge is -2.34. The highest BCUT2D eigenvalue weighted by molar-refractivity contribution is 5.33. The van der Waals surface area contributed by atoms with Crippen molar-refractivity contribution in [2.45, 2.75) is 43.9 Å². The molecule has 2 N–H and O–H groups in total. The number of nitrogens with zero attached hydrogens (tertiary/aromatic N) is 1. The summed E-state index contributed by atoms with van der Waals surface area (Å²) in [6.07, 6.45) is -0.476. The average Bonchev–Trinajstić information content (AvgIpc) is 2.93. The number of alkyl halides is 3. The molecular formula is C15H20F4N2. The largest absolute Gasteiger partial charge is 0.416 e. The number of benzene rings is 1. The van der Waals surface area contributed by atoms with E-state index in [0.717, 1.165) is 31.7 Å². The van der Waals surface area contributed by atoms with Crippen LogP contribution in [-0.4, -0.2) is 24.5 Å². The summed E-state index contributed by atoms with van der Waals surface area (Å²) in [5.41, 5.74) is 4.85. The normalized spacial score (nSPS) is 18.4. The molecule has 1 aromatic carbocycles. The van der Waals surface area contributed by atoms with Crippen LogP contribution in [0.4, 0.5) is 17.6 Å². The van der Waals surface area contributed by atoms with Crippen molar-refractivity contribution in [2.24, 2.45) is 5.73 Å². The quantitative estimate of drug-likeness (QED) is 0.859. The summed E-state index contributed by atoms with van der Waals surface area (Å²) in [4.78, 5) is 1.91. The van der Waals surface area contributed by atoms with Crippen LogP contribution in [0.15, 0.2) is 18.2 Å². The van der Waals surface area contributed by atoms with Crippen molar-refractivity contribution in [3.05, 3.63) is 35.1 Å². The van der Waals surface area contributed by atoms with Crippen molar-refractivity contribution in [3.8, 4) is 0 Å². The fourth-order valence-corrected chi connectivity index (χ4v) is 3.14. The molecule has 0 spiro atoms. The lowest BCUT2D eigenvalue weighted by Crippen LogP contribution is -2.38. The number of nitrogens with two attached hydrogens (primary N) is 1. The molecule has 6 heteroatoms. The maximum absolute atomic E-state index is 13.2. The summed E-state index contributed by atoms with van der Waals surface area (Å²) in [5.74, 6) is -0.884. The Kier molecular flexibility index (Phi) is 4.88. The third-order valence-corrected chi connectivity index (χ3v) is 4.30. The van der Waals surface area contributed by atoms with Crippen LogP contribution in [0, 0.1) is 5.82 Å². The summed E-state index contributed by atoms with van der Waals surface area (Å²) in [6, 6.07) is 2.52. The second-order valence-corrected chi connectivity index (χ2v) is 5.58. The molecule has 2 rings (SSSR count). The predicted octanol–water partition coefficient (Wildman–Crippen LogP) is 3.72. The molecule has 1 atom stereocenters. The van der Waals surface area contributed by atoms with E-state index in [0.29, 0.717) is 6.07 Å². The van der Waals surface area contributed by atoms with Gasteiger partial charge in [0.1, 0.15) is 5.82 Å². The minimum Gasteiger partial charge on any atom is -0.329 e.